The summed E-state index contributed by atoms with van der Waals surface area (Å²) in [4.78, 5) is 15.1. The van der Waals surface area contributed by atoms with Crippen LogP contribution < -0.4 is 5.32 Å². The molecule has 2 N–H and O–H groups in total. The van der Waals surface area contributed by atoms with Gasteiger partial charge in [-0.25, -0.2) is 8.78 Å². The van der Waals surface area contributed by atoms with Crippen LogP contribution in [-0.2, 0) is 0 Å². The van der Waals surface area contributed by atoms with Crippen molar-refractivity contribution in [1.29, 1.82) is 0 Å². The van der Waals surface area contributed by atoms with Gasteiger partial charge in [-0.15, -0.1) is 0 Å². The van der Waals surface area contributed by atoms with E-state index in [1.165, 1.54) is 30.3 Å². The number of rotatable bonds is 2. The molecular formula is C27H22F2N2O2. The van der Waals surface area contributed by atoms with Crippen molar-refractivity contribution >= 4 is 11.6 Å². The second kappa shape index (κ2) is 8.68. The number of nitrogens with zero attached hydrogens (tertiary/aromatic N) is 1. The van der Waals surface area contributed by atoms with Gasteiger partial charge in [-0.1, -0.05) is 24.0 Å². The van der Waals surface area contributed by atoms with Gasteiger partial charge in [-0.05, 0) is 66.6 Å². The molecule has 2 aliphatic rings. The number of aliphatic hydroxyl groups is 1. The van der Waals surface area contributed by atoms with Crippen LogP contribution in [0.2, 0.25) is 0 Å². The lowest BCUT2D eigenvalue weighted by molar-refractivity contribution is 0.0700. The SMILES string of the molecule is O=C(c1cccc(F)c1)N1CC[C@H]2[C@H](CO)Nc3ccc(C#Cc4cccc(F)c4)cc3[C@H]21. The minimum Gasteiger partial charge on any atom is -0.394 e. The second-order valence-electron chi connectivity index (χ2n) is 8.40. The fourth-order valence-corrected chi connectivity index (χ4v) is 4.87. The Bertz CT molecular complexity index is 1280. The van der Waals surface area contributed by atoms with Crippen LogP contribution in [0.5, 0.6) is 0 Å². The van der Waals surface area contributed by atoms with Crippen molar-refractivity contribution < 1.29 is 18.7 Å². The summed E-state index contributed by atoms with van der Waals surface area (Å²) in [7, 11) is 0. The summed E-state index contributed by atoms with van der Waals surface area (Å²) in [5.41, 5.74) is 3.38. The minimum atomic E-state index is -0.453. The maximum absolute atomic E-state index is 13.8. The van der Waals surface area contributed by atoms with E-state index in [2.05, 4.69) is 17.2 Å². The summed E-state index contributed by atoms with van der Waals surface area (Å²) in [6, 6.07) is 17.1. The summed E-state index contributed by atoms with van der Waals surface area (Å²) in [5.74, 6) is 5.05. The first-order valence-electron chi connectivity index (χ1n) is 10.9. The van der Waals surface area contributed by atoms with E-state index >= 15 is 0 Å². The average Bonchev–Trinajstić information content (AvgIpc) is 3.27. The molecule has 3 atom stereocenters. The first-order chi connectivity index (χ1) is 16.0. The number of aliphatic hydroxyl groups excluding tert-OH is 1. The van der Waals surface area contributed by atoms with Crippen LogP contribution in [0.1, 0.15) is 39.5 Å². The molecule has 3 aromatic rings. The molecule has 1 amide bonds. The molecule has 2 heterocycles. The van der Waals surface area contributed by atoms with E-state index in [9.17, 15) is 18.7 Å². The van der Waals surface area contributed by atoms with Crippen LogP contribution in [0.25, 0.3) is 0 Å². The zero-order valence-corrected chi connectivity index (χ0v) is 17.8. The lowest BCUT2D eigenvalue weighted by atomic mass is 9.82. The summed E-state index contributed by atoms with van der Waals surface area (Å²) < 4.78 is 27.2. The van der Waals surface area contributed by atoms with Crippen molar-refractivity contribution in [1.82, 2.24) is 4.90 Å². The second-order valence-corrected chi connectivity index (χ2v) is 8.40. The number of carbonyl (C=O) groups excluding carboxylic acids is 1. The van der Waals surface area contributed by atoms with E-state index in [0.717, 1.165) is 23.2 Å². The molecule has 0 radical (unpaired) electrons. The molecule has 0 unspecified atom stereocenters. The number of anilines is 1. The predicted molar refractivity (Wildman–Crippen MR) is 122 cm³/mol. The number of halogens is 2. The third kappa shape index (κ3) is 4.08. The van der Waals surface area contributed by atoms with Gasteiger partial charge in [-0.2, -0.15) is 0 Å². The molecule has 0 spiro atoms. The molecule has 1 saturated heterocycles. The molecule has 5 rings (SSSR count). The maximum atomic E-state index is 13.8. The summed E-state index contributed by atoms with van der Waals surface area (Å²) in [6.07, 6.45) is 0.725. The Morgan fingerprint density at radius 1 is 1.00 bits per heavy atom. The molecule has 6 heteroatoms. The number of benzene rings is 3. The highest BCUT2D eigenvalue weighted by Crippen LogP contribution is 2.47. The number of fused-ring (bicyclic) bond motifs is 3. The zero-order chi connectivity index (χ0) is 22.9. The van der Waals surface area contributed by atoms with Crippen molar-refractivity contribution in [2.45, 2.75) is 18.5 Å². The predicted octanol–water partition coefficient (Wildman–Crippen LogP) is 4.35. The van der Waals surface area contributed by atoms with Gasteiger partial charge in [0, 0.05) is 34.8 Å². The molecule has 0 aromatic heterocycles. The number of nitrogens with one attached hydrogen (secondary N) is 1. The number of amides is 1. The van der Waals surface area contributed by atoms with Gasteiger partial charge in [0.1, 0.15) is 11.6 Å². The Morgan fingerprint density at radius 3 is 2.45 bits per heavy atom. The van der Waals surface area contributed by atoms with Crippen LogP contribution in [0.3, 0.4) is 0 Å². The van der Waals surface area contributed by atoms with Crippen LogP contribution in [-0.4, -0.2) is 35.1 Å². The molecule has 3 aromatic carbocycles. The van der Waals surface area contributed by atoms with Gasteiger partial charge >= 0.3 is 0 Å². The molecule has 1 fully saturated rings. The molecule has 0 bridgehead atoms. The third-order valence-corrected chi connectivity index (χ3v) is 6.38. The first kappa shape index (κ1) is 21.2. The molecule has 166 valence electrons. The highest BCUT2D eigenvalue weighted by atomic mass is 19.1. The van der Waals surface area contributed by atoms with Gasteiger partial charge in [0.05, 0.1) is 18.7 Å². The van der Waals surface area contributed by atoms with E-state index in [-0.39, 0.29) is 36.3 Å². The molecule has 0 saturated carbocycles. The lowest BCUT2D eigenvalue weighted by Crippen LogP contribution is -2.42. The first-order valence-corrected chi connectivity index (χ1v) is 10.9. The number of hydrogen-bond donors (Lipinski definition) is 2. The van der Waals surface area contributed by atoms with Crippen molar-refractivity contribution in [2.75, 3.05) is 18.5 Å². The van der Waals surface area contributed by atoms with Crippen molar-refractivity contribution in [3.8, 4) is 11.8 Å². The summed E-state index contributed by atoms with van der Waals surface area (Å²) in [6.45, 7) is 0.464. The minimum absolute atomic E-state index is 0.0198. The Hall–Kier alpha value is -3.69. The van der Waals surface area contributed by atoms with E-state index < -0.39 is 5.82 Å². The number of carbonyl (C=O) groups is 1. The number of hydrogen-bond acceptors (Lipinski definition) is 3. The normalized spacial score (nSPS) is 20.8. The van der Waals surface area contributed by atoms with E-state index in [1.807, 2.05) is 18.2 Å². The van der Waals surface area contributed by atoms with E-state index in [0.29, 0.717) is 17.7 Å². The Morgan fingerprint density at radius 2 is 1.73 bits per heavy atom. The van der Waals surface area contributed by atoms with Crippen LogP contribution >= 0.6 is 0 Å². The van der Waals surface area contributed by atoms with Gasteiger partial charge in [0.25, 0.3) is 5.91 Å². The van der Waals surface area contributed by atoms with Crippen molar-refractivity contribution in [3.63, 3.8) is 0 Å². The largest absolute Gasteiger partial charge is 0.394 e. The Labute approximate surface area is 190 Å². The third-order valence-electron chi connectivity index (χ3n) is 6.38. The van der Waals surface area contributed by atoms with Gasteiger partial charge in [0.2, 0.25) is 0 Å². The Balaban J connectivity index is 1.52. The quantitative estimate of drug-likeness (QED) is 0.578. The fourth-order valence-electron chi connectivity index (χ4n) is 4.87. The zero-order valence-electron chi connectivity index (χ0n) is 17.8. The standard InChI is InChI=1S/C27H22F2N2O2/c28-20-5-1-3-17(13-20)7-8-18-9-10-24-23(14-18)26-22(25(16-32)30-24)11-12-31(26)27(33)19-4-2-6-21(29)15-19/h1-6,9-10,13-15,22,25-26,30,32H,11-12,16H2/t22-,25-,26-/m0/s1. The lowest BCUT2D eigenvalue weighted by Gasteiger charge is -2.39. The highest BCUT2D eigenvalue weighted by molar-refractivity contribution is 5.95. The monoisotopic (exact) mass is 444 g/mol. The van der Waals surface area contributed by atoms with Gasteiger partial charge < -0.3 is 15.3 Å². The van der Waals surface area contributed by atoms with Crippen molar-refractivity contribution in [2.24, 2.45) is 5.92 Å². The molecular weight excluding hydrogens is 422 g/mol. The topological polar surface area (TPSA) is 52.6 Å². The average molecular weight is 444 g/mol. The molecule has 2 aliphatic heterocycles. The van der Waals surface area contributed by atoms with Crippen LogP contribution in [0.4, 0.5) is 14.5 Å². The maximum Gasteiger partial charge on any atom is 0.254 e. The number of likely N-dealkylation sites (tertiary alicyclic amines) is 1. The summed E-state index contributed by atoms with van der Waals surface area (Å²) in [5, 5.41) is 13.3. The summed E-state index contributed by atoms with van der Waals surface area (Å²) >= 11 is 0. The van der Waals surface area contributed by atoms with Crippen LogP contribution in [0.15, 0.2) is 66.7 Å². The Kier molecular flexibility index (Phi) is 5.57. The van der Waals surface area contributed by atoms with Gasteiger partial charge in [-0.3, -0.25) is 4.79 Å². The van der Waals surface area contributed by atoms with Gasteiger partial charge in [0.15, 0.2) is 0 Å². The van der Waals surface area contributed by atoms with Crippen molar-refractivity contribution in [3.05, 3.63) is 101 Å². The smallest absolute Gasteiger partial charge is 0.254 e. The van der Waals surface area contributed by atoms with E-state index in [4.69, 9.17) is 0 Å². The van der Waals surface area contributed by atoms with Crippen LogP contribution in [0, 0.1) is 29.4 Å². The van der Waals surface area contributed by atoms with E-state index in [1.54, 1.807) is 23.1 Å². The molecule has 33 heavy (non-hydrogen) atoms. The molecule has 0 aliphatic carbocycles. The highest BCUT2D eigenvalue weighted by Gasteiger charge is 2.45. The molecule has 4 nitrogen and oxygen atoms in total. The fraction of sp³-hybridized carbons (Fsp3) is 0.222.